The van der Waals surface area contributed by atoms with Crippen LogP contribution < -0.4 is 9.47 Å². The van der Waals surface area contributed by atoms with Gasteiger partial charge in [-0.25, -0.2) is 0 Å². The van der Waals surface area contributed by atoms with Crippen molar-refractivity contribution >= 4 is 11.7 Å². The third kappa shape index (κ3) is 7.87. The molecule has 1 aliphatic rings. The molecule has 33 heavy (non-hydrogen) atoms. The zero-order chi connectivity index (χ0) is 23.6. The monoisotopic (exact) mass is 454 g/mol. The second-order valence-corrected chi connectivity index (χ2v) is 8.43. The van der Waals surface area contributed by atoms with Crippen LogP contribution in [-0.2, 0) is 11.2 Å². The molecule has 1 aliphatic heterocycles. The average molecular weight is 455 g/mol. The van der Waals surface area contributed by atoms with Crippen molar-refractivity contribution in [3.63, 3.8) is 0 Å². The van der Waals surface area contributed by atoms with Crippen LogP contribution >= 0.6 is 0 Å². The summed E-state index contributed by atoms with van der Waals surface area (Å²) in [6.45, 7) is 5.19. The lowest BCUT2D eigenvalue weighted by Crippen LogP contribution is -2.39. The van der Waals surface area contributed by atoms with Crippen LogP contribution in [0.2, 0.25) is 0 Å². The van der Waals surface area contributed by atoms with E-state index >= 15 is 0 Å². The fourth-order valence-electron chi connectivity index (χ4n) is 3.93. The Bertz CT molecular complexity index is 898. The van der Waals surface area contributed by atoms with Crippen LogP contribution in [0.5, 0.6) is 11.5 Å². The summed E-state index contributed by atoms with van der Waals surface area (Å²) in [5, 5.41) is 10.4. The Morgan fingerprint density at radius 2 is 1.67 bits per heavy atom. The number of aliphatic hydroxyl groups is 1. The summed E-state index contributed by atoms with van der Waals surface area (Å²) in [6, 6.07) is 14.8. The molecule has 2 aromatic rings. The highest BCUT2D eigenvalue weighted by molar-refractivity contribution is 5.94. The Morgan fingerprint density at radius 3 is 2.33 bits per heavy atom. The molecule has 0 aliphatic carbocycles. The summed E-state index contributed by atoms with van der Waals surface area (Å²) in [7, 11) is 1.64. The maximum Gasteiger partial charge on any atom is 0.222 e. The van der Waals surface area contributed by atoms with E-state index in [1.165, 1.54) is 6.92 Å². The molecule has 1 atom stereocenters. The summed E-state index contributed by atoms with van der Waals surface area (Å²) in [4.78, 5) is 28.2. The van der Waals surface area contributed by atoms with Crippen molar-refractivity contribution in [2.75, 3.05) is 46.4 Å². The number of carbonyl (C=O) groups is 2. The molecular formula is C26H34N2O5. The largest absolute Gasteiger partial charge is 0.497 e. The number of hydrogen-bond acceptors (Lipinski definition) is 6. The topological polar surface area (TPSA) is 79.3 Å². The molecule has 7 heteroatoms. The van der Waals surface area contributed by atoms with E-state index in [4.69, 9.17) is 9.47 Å². The third-order valence-corrected chi connectivity index (χ3v) is 5.90. The lowest BCUT2D eigenvalue weighted by Gasteiger charge is -2.24. The number of Topliss-reactive ketones (excluding diaryl/α,β-unsaturated/α-hetero) is 1. The Kier molecular flexibility index (Phi) is 9.27. The number of hydrogen-bond donors (Lipinski definition) is 1. The minimum atomic E-state index is -0.630. The summed E-state index contributed by atoms with van der Waals surface area (Å²) >= 11 is 0. The number of aliphatic hydroxyl groups excluding tert-OH is 1. The highest BCUT2D eigenvalue weighted by Gasteiger charge is 2.21. The number of benzene rings is 2. The van der Waals surface area contributed by atoms with E-state index in [9.17, 15) is 14.7 Å². The quantitative estimate of drug-likeness (QED) is 0.556. The minimum absolute atomic E-state index is 0.0102. The molecule has 7 nitrogen and oxygen atoms in total. The Hall–Kier alpha value is -2.90. The van der Waals surface area contributed by atoms with E-state index in [2.05, 4.69) is 4.90 Å². The van der Waals surface area contributed by atoms with Gasteiger partial charge >= 0.3 is 0 Å². The van der Waals surface area contributed by atoms with Crippen LogP contribution in [0.25, 0.3) is 0 Å². The smallest absolute Gasteiger partial charge is 0.222 e. The number of methoxy groups -OCH3 is 1. The van der Waals surface area contributed by atoms with Crippen LogP contribution in [0, 0.1) is 0 Å². The van der Waals surface area contributed by atoms with Gasteiger partial charge in [0.1, 0.15) is 24.2 Å². The van der Waals surface area contributed by atoms with Gasteiger partial charge in [-0.15, -0.1) is 0 Å². The number of β-amino-alcohol motifs (C(OH)–C–C–N with tert-alkyl or cyclic N) is 1. The number of rotatable bonds is 10. The van der Waals surface area contributed by atoms with Gasteiger partial charge in [-0.05, 0) is 68.3 Å². The van der Waals surface area contributed by atoms with Crippen molar-refractivity contribution < 1.29 is 24.2 Å². The molecule has 0 radical (unpaired) electrons. The van der Waals surface area contributed by atoms with Gasteiger partial charge in [0.25, 0.3) is 0 Å². The number of ether oxygens (including phenoxy) is 2. The van der Waals surface area contributed by atoms with E-state index in [1.807, 2.05) is 29.2 Å². The molecule has 0 bridgehead atoms. The normalized spacial score (nSPS) is 15.5. The first-order chi connectivity index (χ1) is 15.9. The Labute approximate surface area is 195 Å². The van der Waals surface area contributed by atoms with Crippen LogP contribution in [0.1, 0.15) is 35.7 Å². The van der Waals surface area contributed by atoms with Gasteiger partial charge in [0, 0.05) is 38.2 Å². The first-order valence-corrected chi connectivity index (χ1v) is 11.5. The second kappa shape index (κ2) is 12.4. The molecule has 1 amide bonds. The fourth-order valence-corrected chi connectivity index (χ4v) is 3.93. The summed E-state index contributed by atoms with van der Waals surface area (Å²) < 4.78 is 10.8. The van der Waals surface area contributed by atoms with Crippen LogP contribution in [-0.4, -0.2) is 79.1 Å². The van der Waals surface area contributed by atoms with Gasteiger partial charge in [0.2, 0.25) is 5.91 Å². The minimum Gasteiger partial charge on any atom is -0.497 e. The van der Waals surface area contributed by atoms with Crippen molar-refractivity contribution in [3.8, 4) is 11.5 Å². The molecular weight excluding hydrogens is 420 g/mol. The van der Waals surface area contributed by atoms with E-state index in [0.29, 0.717) is 37.2 Å². The molecule has 1 unspecified atom stereocenters. The molecule has 3 rings (SSSR count). The summed E-state index contributed by atoms with van der Waals surface area (Å²) in [5.74, 6) is 1.63. The zero-order valence-corrected chi connectivity index (χ0v) is 19.5. The fraction of sp³-hybridized carbons (Fsp3) is 0.462. The Morgan fingerprint density at radius 1 is 0.970 bits per heavy atom. The molecule has 2 aromatic carbocycles. The molecule has 178 valence electrons. The standard InChI is InChI=1S/C26H34N2O5/c1-20(29)22-7-11-25(12-8-22)33-19-23(30)18-27-14-3-15-28(17-16-27)26(31)13-6-21-4-9-24(32-2)10-5-21/h4-5,7-12,23,30H,3,6,13-19H2,1-2H3. The molecule has 1 fully saturated rings. The molecule has 0 saturated carbocycles. The van der Waals surface area contributed by atoms with Crippen molar-refractivity contribution in [2.45, 2.75) is 32.3 Å². The number of ketones is 1. The van der Waals surface area contributed by atoms with Gasteiger partial charge in [0.15, 0.2) is 5.78 Å². The average Bonchev–Trinajstić information content (AvgIpc) is 3.07. The van der Waals surface area contributed by atoms with Crippen LogP contribution in [0.4, 0.5) is 0 Å². The van der Waals surface area contributed by atoms with Crippen molar-refractivity contribution in [2.24, 2.45) is 0 Å². The lowest BCUT2D eigenvalue weighted by atomic mass is 10.1. The first-order valence-electron chi connectivity index (χ1n) is 11.5. The van der Waals surface area contributed by atoms with Crippen LogP contribution in [0.15, 0.2) is 48.5 Å². The predicted molar refractivity (Wildman–Crippen MR) is 127 cm³/mol. The van der Waals surface area contributed by atoms with E-state index in [1.54, 1.807) is 31.4 Å². The van der Waals surface area contributed by atoms with Crippen LogP contribution in [0.3, 0.4) is 0 Å². The van der Waals surface area contributed by atoms with Crippen molar-refractivity contribution in [3.05, 3.63) is 59.7 Å². The van der Waals surface area contributed by atoms with E-state index in [0.717, 1.165) is 37.4 Å². The first kappa shape index (κ1) is 24.7. The maximum absolute atomic E-state index is 12.7. The number of carbonyl (C=O) groups excluding carboxylic acids is 2. The van der Waals surface area contributed by atoms with Gasteiger partial charge in [0.05, 0.1) is 7.11 Å². The van der Waals surface area contributed by atoms with Crippen molar-refractivity contribution in [1.82, 2.24) is 9.80 Å². The maximum atomic E-state index is 12.7. The number of nitrogens with zero attached hydrogens (tertiary/aromatic N) is 2. The van der Waals surface area contributed by atoms with Gasteiger partial charge < -0.3 is 19.5 Å². The summed E-state index contributed by atoms with van der Waals surface area (Å²) in [6.07, 6.45) is 1.46. The zero-order valence-electron chi connectivity index (χ0n) is 19.5. The third-order valence-electron chi connectivity index (χ3n) is 5.90. The Balaban J connectivity index is 1.38. The number of amides is 1. The van der Waals surface area contributed by atoms with E-state index < -0.39 is 6.10 Å². The SMILES string of the molecule is COc1ccc(CCC(=O)N2CCCN(CC(O)COc3ccc(C(C)=O)cc3)CC2)cc1. The lowest BCUT2D eigenvalue weighted by molar-refractivity contribution is -0.131. The second-order valence-electron chi connectivity index (χ2n) is 8.43. The van der Waals surface area contributed by atoms with Crippen molar-refractivity contribution in [1.29, 1.82) is 0 Å². The molecule has 0 spiro atoms. The highest BCUT2D eigenvalue weighted by atomic mass is 16.5. The van der Waals surface area contributed by atoms with E-state index in [-0.39, 0.29) is 18.3 Å². The highest BCUT2D eigenvalue weighted by Crippen LogP contribution is 2.15. The van der Waals surface area contributed by atoms with Gasteiger partial charge in [-0.2, -0.15) is 0 Å². The summed E-state index contributed by atoms with van der Waals surface area (Å²) in [5.41, 5.74) is 1.76. The molecule has 0 aromatic heterocycles. The van der Waals surface area contributed by atoms with Gasteiger partial charge in [-0.1, -0.05) is 12.1 Å². The number of aryl methyl sites for hydroxylation is 1. The molecule has 1 saturated heterocycles. The van der Waals surface area contributed by atoms with Gasteiger partial charge in [-0.3, -0.25) is 14.5 Å². The molecule has 1 heterocycles. The molecule has 1 N–H and O–H groups in total. The predicted octanol–water partition coefficient (Wildman–Crippen LogP) is 2.80.